The maximum Gasteiger partial charge on any atom is 0.244 e. The average molecular weight is 512 g/mol. The Morgan fingerprint density at radius 2 is 1.74 bits per heavy atom. The highest BCUT2D eigenvalue weighted by atomic mass is 35.5. The number of anilines is 1. The lowest BCUT2D eigenvalue weighted by Crippen LogP contribution is -2.54. The minimum Gasteiger partial charge on any atom is -0.350 e. The Hall–Kier alpha value is -2.65. The number of nitrogens with zero attached hydrogens (tertiary/aromatic N) is 2. The summed E-state index contributed by atoms with van der Waals surface area (Å²) in [6.45, 7) is 7.78. The Balaban J connectivity index is 2.47. The van der Waals surface area contributed by atoms with Gasteiger partial charge in [0.25, 0.3) is 0 Å². The first-order valence-corrected chi connectivity index (χ1v) is 12.9. The van der Waals surface area contributed by atoms with Gasteiger partial charge in [0.15, 0.2) is 0 Å². The lowest BCUT2D eigenvalue weighted by atomic mass is 10.1. The summed E-state index contributed by atoms with van der Waals surface area (Å²) in [5, 5.41) is 3.16. The first-order valence-electron chi connectivity index (χ1n) is 10.7. The van der Waals surface area contributed by atoms with Gasteiger partial charge in [-0.15, -0.1) is 0 Å². The van der Waals surface area contributed by atoms with Gasteiger partial charge in [-0.25, -0.2) is 12.8 Å². The van der Waals surface area contributed by atoms with Gasteiger partial charge in [-0.05, 0) is 58.4 Å². The summed E-state index contributed by atoms with van der Waals surface area (Å²) < 4.78 is 40.6. The van der Waals surface area contributed by atoms with Crippen molar-refractivity contribution in [1.82, 2.24) is 10.2 Å². The molecule has 0 aliphatic rings. The first kappa shape index (κ1) is 27.6. The second-order valence-electron chi connectivity index (χ2n) is 9.18. The van der Waals surface area contributed by atoms with Crippen LogP contribution < -0.4 is 9.62 Å². The van der Waals surface area contributed by atoms with Crippen molar-refractivity contribution in [2.24, 2.45) is 0 Å². The molecule has 0 aromatic heterocycles. The summed E-state index contributed by atoms with van der Waals surface area (Å²) in [6, 6.07) is 9.68. The maximum absolute atomic E-state index is 14.4. The van der Waals surface area contributed by atoms with Crippen LogP contribution in [0.5, 0.6) is 0 Å². The molecule has 1 atom stereocenters. The molecule has 0 spiro atoms. The number of sulfonamides is 1. The van der Waals surface area contributed by atoms with Crippen LogP contribution in [0.1, 0.15) is 38.8 Å². The van der Waals surface area contributed by atoms with Crippen LogP contribution in [-0.4, -0.2) is 49.5 Å². The second kappa shape index (κ2) is 10.7. The number of benzene rings is 2. The van der Waals surface area contributed by atoms with Crippen molar-refractivity contribution in [2.75, 3.05) is 17.1 Å². The van der Waals surface area contributed by atoms with E-state index in [1.165, 1.54) is 30.0 Å². The van der Waals surface area contributed by atoms with Crippen LogP contribution in [0.25, 0.3) is 0 Å². The van der Waals surface area contributed by atoms with Crippen LogP contribution in [0.3, 0.4) is 0 Å². The summed E-state index contributed by atoms with van der Waals surface area (Å²) in [4.78, 5) is 27.5. The highest BCUT2D eigenvalue weighted by Crippen LogP contribution is 2.28. The fraction of sp³-hybridized carbons (Fsp3) is 0.417. The van der Waals surface area contributed by atoms with Crippen molar-refractivity contribution in [3.63, 3.8) is 0 Å². The fourth-order valence-corrected chi connectivity index (χ4v) is 4.40. The molecule has 2 aromatic rings. The molecule has 7 nitrogen and oxygen atoms in total. The highest BCUT2D eigenvalue weighted by molar-refractivity contribution is 7.92. The molecule has 0 unspecified atom stereocenters. The smallest absolute Gasteiger partial charge is 0.244 e. The Kier molecular flexibility index (Phi) is 8.71. The zero-order valence-electron chi connectivity index (χ0n) is 20.2. The topological polar surface area (TPSA) is 86.8 Å². The molecule has 2 amide bonds. The van der Waals surface area contributed by atoms with Gasteiger partial charge in [0.1, 0.15) is 18.4 Å². The Labute approximate surface area is 205 Å². The number of amides is 2. The van der Waals surface area contributed by atoms with Gasteiger partial charge in [-0.1, -0.05) is 35.9 Å². The molecule has 0 saturated carbocycles. The Morgan fingerprint density at radius 1 is 1.12 bits per heavy atom. The molecule has 0 saturated heterocycles. The molecule has 2 aromatic carbocycles. The normalized spacial score (nSPS) is 12.7. The van der Waals surface area contributed by atoms with Gasteiger partial charge in [0.2, 0.25) is 21.8 Å². The van der Waals surface area contributed by atoms with Crippen LogP contribution in [0.2, 0.25) is 5.02 Å². The standard InChI is InChI=1S/C24H31ClFN3O4S/c1-16-19(25)11-9-13-21(16)29(34(6,32)33)15-22(30)28(14-18-10-7-8-12-20(18)26)17(2)23(31)27-24(3,4)5/h7-13,17H,14-15H2,1-6H3,(H,27,31)/t17-/m1/s1. The van der Waals surface area contributed by atoms with E-state index in [-0.39, 0.29) is 17.8 Å². The molecule has 186 valence electrons. The Bertz CT molecular complexity index is 1170. The molecule has 0 aliphatic heterocycles. The van der Waals surface area contributed by atoms with Crippen molar-refractivity contribution < 1.29 is 22.4 Å². The van der Waals surface area contributed by atoms with Crippen LogP contribution in [0.15, 0.2) is 42.5 Å². The zero-order chi connectivity index (χ0) is 25.8. The SMILES string of the molecule is Cc1c(Cl)cccc1N(CC(=O)N(Cc1ccccc1F)[C@H](C)C(=O)NC(C)(C)C)S(C)(=O)=O. The minimum atomic E-state index is -3.89. The predicted octanol–water partition coefficient (Wildman–Crippen LogP) is 3.89. The van der Waals surface area contributed by atoms with E-state index in [1.807, 2.05) is 0 Å². The van der Waals surface area contributed by atoms with E-state index >= 15 is 0 Å². The third kappa shape index (κ3) is 7.17. The molecule has 0 radical (unpaired) electrons. The van der Waals surface area contributed by atoms with Crippen LogP contribution in [-0.2, 0) is 26.2 Å². The number of carbonyl (C=O) groups is 2. The largest absolute Gasteiger partial charge is 0.350 e. The molecule has 0 fully saturated rings. The van der Waals surface area contributed by atoms with E-state index in [2.05, 4.69) is 5.32 Å². The number of rotatable bonds is 8. The van der Waals surface area contributed by atoms with Gasteiger partial charge in [0.05, 0.1) is 11.9 Å². The lowest BCUT2D eigenvalue weighted by Gasteiger charge is -2.33. The zero-order valence-corrected chi connectivity index (χ0v) is 21.8. The summed E-state index contributed by atoms with van der Waals surface area (Å²) in [6.07, 6.45) is 0.984. The number of nitrogens with one attached hydrogen (secondary N) is 1. The van der Waals surface area contributed by atoms with E-state index in [1.54, 1.807) is 52.0 Å². The summed E-state index contributed by atoms with van der Waals surface area (Å²) in [5.74, 6) is -1.64. The molecule has 0 heterocycles. The quantitative estimate of drug-likeness (QED) is 0.582. The highest BCUT2D eigenvalue weighted by Gasteiger charge is 2.32. The van der Waals surface area contributed by atoms with Gasteiger partial charge in [-0.3, -0.25) is 13.9 Å². The molecule has 34 heavy (non-hydrogen) atoms. The van der Waals surface area contributed by atoms with E-state index in [4.69, 9.17) is 11.6 Å². The molecule has 1 N–H and O–H groups in total. The first-order chi connectivity index (χ1) is 15.6. The monoisotopic (exact) mass is 511 g/mol. The van der Waals surface area contributed by atoms with Crippen LogP contribution in [0.4, 0.5) is 10.1 Å². The predicted molar refractivity (Wildman–Crippen MR) is 133 cm³/mol. The van der Waals surface area contributed by atoms with Crippen molar-refractivity contribution in [2.45, 2.75) is 52.7 Å². The summed E-state index contributed by atoms with van der Waals surface area (Å²) >= 11 is 6.17. The van der Waals surface area contributed by atoms with Gasteiger partial charge < -0.3 is 10.2 Å². The number of hydrogen-bond acceptors (Lipinski definition) is 4. The van der Waals surface area contributed by atoms with Gasteiger partial charge >= 0.3 is 0 Å². The number of hydrogen-bond donors (Lipinski definition) is 1. The minimum absolute atomic E-state index is 0.205. The van der Waals surface area contributed by atoms with Gasteiger partial charge in [0, 0.05) is 22.7 Å². The molecule has 0 bridgehead atoms. The Morgan fingerprint density at radius 3 is 2.29 bits per heavy atom. The van der Waals surface area contributed by atoms with Crippen LogP contribution in [0, 0.1) is 12.7 Å². The van der Waals surface area contributed by atoms with E-state index in [0.717, 1.165) is 10.6 Å². The number of carbonyl (C=O) groups excluding carboxylic acids is 2. The molecule has 0 aliphatic carbocycles. The second-order valence-corrected chi connectivity index (χ2v) is 11.5. The van der Waals surface area contributed by atoms with E-state index in [9.17, 15) is 22.4 Å². The third-order valence-corrected chi connectivity index (χ3v) is 6.69. The number of halogens is 2. The molecule has 10 heteroatoms. The van der Waals surface area contributed by atoms with Gasteiger partial charge in [-0.2, -0.15) is 0 Å². The lowest BCUT2D eigenvalue weighted by molar-refractivity contribution is -0.140. The fourth-order valence-electron chi connectivity index (χ4n) is 3.33. The van der Waals surface area contributed by atoms with Crippen molar-refractivity contribution in [3.8, 4) is 0 Å². The van der Waals surface area contributed by atoms with Crippen molar-refractivity contribution in [3.05, 3.63) is 64.4 Å². The summed E-state index contributed by atoms with van der Waals surface area (Å²) in [5.41, 5.74) is 0.382. The molecular formula is C24H31ClFN3O4S. The molecular weight excluding hydrogens is 481 g/mol. The van der Waals surface area contributed by atoms with E-state index in [0.29, 0.717) is 10.6 Å². The van der Waals surface area contributed by atoms with Crippen LogP contribution >= 0.6 is 11.6 Å². The van der Waals surface area contributed by atoms with Crippen molar-refractivity contribution >= 4 is 39.1 Å². The molecule has 2 rings (SSSR count). The maximum atomic E-state index is 14.4. The summed E-state index contributed by atoms with van der Waals surface area (Å²) in [7, 11) is -3.89. The average Bonchev–Trinajstić information content (AvgIpc) is 2.71. The van der Waals surface area contributed by atoms with Crippen molar-refractivity contribution in [1.29, 1.82) is 0 Å². The van der Waals surface area contributed by atoms with E-state index < -0.39 is 45.8 Å². The third-order valence-electron chi connectivity index (χ3n) is 5.15.